The second-order valence-corrected chi connectivity index (χ2v) is 4.24. The molecular formula is C9H17ClN2O. The average Bonchev–Trinajstić information content (AvgIpc) is 1.94. The van der Waals surface area contributed by atoms with Crippen LogP contribution < -0.4 is 0 Å². The number of likely N-dealkylation sites (tertiary alicyclic amines) is 2. The Morgan fingerprint density at radius 1 is 1.00 bits per heavy atom. The van der Waals surface area contributed by atoms with Crippen molar-refractivity contribution in [2.24, 2.45) is 11.8 Å². The molecule has 0 aromatic rings. The smallest absolute Gasteiger partial charge is 0.144 e. The van der Waals surface area contributed by atoms with Crippen LogP contribution in [0.15, 0.2) is 0 Å². The van der Waals surface area contributed by atoms with E-state index >= 15 is 0 Å². The van der Waals surface area contributed by atoms with Crippen molar-refractivity contribution in [3.8, 4) is 0 Å². The van der Waals surface area contributed by atoms with Crippen molar-refractivity contribution < 1.29 is 4.79 Å². The van der Waals surface area contributed by atoms with Gasteiger partial charge in [-0.3, -0.25) is 4.79 Å². The summed E-state index contributed by atoms with van der Waals surface area (Å²) in [6, 6.07) is 0. The summed E-state index contributed by atoms with van der Waals surface area (Å²) in [4.78, 5) is 16.2. The molecule has 0 aromatic carbocycles. The van der Waals surface area contributed by atoms with Gasteiger partial charge in [0.2, 0.25) is 0 Å². The number of halogens is 1. The van der Waals surface area contributed by atoms with E-state index in [1.165, 1.54) is 0 Å². The third-order valence-electron chi connectivity index (χ3n) is 2.93. The Bertz CT molecular complexity index is 178. The second kappa shape index (κ2) is 3.95. The van der Waals surface area contributed by atoms with E-state index in [1.807, 2.05) is 0 Å². The number of rotatable bonds is 0. The molecule has 2 heterocycles. The molecule has 76 valence electrons. The van der Waals surface area contributed by atoms with Crippen LogP contribution in [0.25, 0.3) is 0 Å². The first-order valence-corrected chi connectivity index (χ1v) is 4.57. The van der Waals surface area contributed by atoms with Crippen LogP contribution in [0.5, 0.6) is 0 Å². The highest BCUT2D eigenvalue weighted by Gasteiger charge is 2.38. The highest BCUT2D eigenvalue weighted by molar-refractivity contribution is 5.86. The molecule has 0 aromatic heterocycles. The van der Waals surface area contributed by atoms with Gasteiger partial charge in [-0.2, -0.15) is 0 Å². The van der Waals surface area contributed by atoms with Gasteiger partial charge in [-0.25, -0.2) is 0 Å². The van der Waals surface area contributed by atoms with Crippen molar-refractivity contribution in [3.63, 3.8) is 0 Å². The lowest BCUT2D eigenvalue weighted by atomic mass is 9.84. The molecule has 0 spiro atoms. The second-order valence-electron chi connectivity index (χ2n) is 4.24. The van der Waals surface area contributed by atoms with Crippen LogP contribution in [-0.4, -0.2) is 55.9 Å². The number of hydrogen-bond acceptors (Lipinski definition) is 3. The number of carbonyl (C=O) groups is 1. The molecule has 2 aliphatic rings. The van der Waals surface area contributed by atoms with Gasteiger partial charge < -0.3 is 9.80 Å². The van der Waals surface area contributed by atoms with Crippen LogP contribution in [0.2, 0.25) is 0 Å². The maximum atomic E-state index is 11.6. The maximum Gasteiger partial charge on any atom is 0.144 e. The zero-order valence-electron chi connectivity index (χ0n) is 8.19. The SMILES string of the molecule is CN1CC2CN(C)CC(C1)C2=O.Cl. The summed E-state index contributed by atoms with van der Waals surface area (Å²) in [5.74, 6) is 1.08. The fraction of sp³-hybridized carbons (Fsp3) is 0.889. The Hall–Kier alpha value is -0.120. The van der Waals surface area contributed by atoms with Crippen molar-refractivity contribution in [1.82, 2.24) is 9.80 Å². The summed E-state index contributed by atoms with van der Waals surface area (Å²) in [5.41, 5.74) is 0. The van der Waals surface area contributed by atoms with Gasteiger partial charge in [0.1, 0.15) is 5.78 Å². The van der Waals surface area contributed by atoms with Crippen LogP contribution in [0, 0.1) is 11.8 Å². The third-order valence-corrected chi connectivity index (χ3v) is 2.93. The molecule has 2 saturated heterocycles. The Balaban J connectivity index is 0.000000845. The van der Waals surface area contributed by atoms with Gasteiger partial charge in [-0.05, 0) is 14.1 Å². The summed E-state index contributed by atoms with van der Waals surface area (Å²) in [6.45, 7) is 3.83. The molecule has 2 rings (SSSR count). The number of piperidine rings is 2. The van der Waals surface area contributed by atoms with Crippen LogP contribution in [0.3, 0.4) is 0 Å². The molecular weight excluding hydrogens is 188 g/mol. The minimum atomic E-state index is 0. The molecule has 0 amide bonds. The number of fused-ring (bicyclic) bond motifs is 2. The predicted molar refractivity (Wildman–Crippen MR) is 54.2 cm³/mol. The van der Waals surface area contributed by atoms with E-state index in [0.29, 0.717) is 5.78 Å². The first-order valence-electron chi connectivity index (χ1n) is 4.57. The molecule has 4 heteroatoms. The normalized spacial score (nSPS) is 35.7. The largest absolute Gasteiger partial charge is 0.305 e. The lowest BCUT2D eigenvalue weighted by Crippen LogP contribution is -2.56. The van der Waals surface area contributed by atoms with E-state index in [2.05, 4.69) is 23.9 Å². The van der Waals surface area contributed by atoms with Crippen molar-refractivity contribution >= 4 is 18.2 Å². The van der Waals surface area contributed by atoms with E-state index in [0.717, 1.165) is 26.2 Å². The lowest BCUT2D eigenvalue weighted by molar-refractivity contribution is -0.136. The monoisotopic (exact) mass is 204 g/mol. The highest BCUT2D eigenvalue weighted by Crippen LogP contribution is 2.23. The number of nitrogens with zero attached hydrogens (tertiary/aromatic N) is 2. The number of carbonyl (C=O) groups excluding carboxylic acids is 1. The Labute approximate surface area is 85.5 Å². The van der Waals surface area contributed by atoms with Gasteiger partial charge in [0.05, 0.1) is 0 Å². The molecule has 2 bridgehead atoms. The first kappa shape index (κ1) is 11.0. The van der Waals surface area contributed by atoms with Crippen LogP contribution in [0.4, 0.5) is 0 Å². The molecule has 0 saturated carbocycles. The minimum absolute atomic E-state index is 0. The molecule has 2 fully saturated rings. The summed E-state index contributed by atoms with van der Waals surface area (Å²) < 4.78 is 0. The number of Topliss-reactive ketones (excluding diaryl/α,β-unsaturated/α-hetero) is 1. The van der Waals surface area contributed by atoms with Gasteiger partial charge in [-0.15, -0.1) is 12.4 Å². The Kier molecular flexibility index (Phi) is 3.33. The molecule has 13 heavy (non-hydrogen) atoms. The number of hydrogen-bond donors (Lipinski definition) is 0. The molecule has 0 unspecified atom stereocenters. The van der Waals surface area contributed by atoms with Gasteiger partial charge in [0.15, 0.2) is 0 Å². The van der Waals surface area contributed by atoms with Crippen molar-refractivity contribution in [3.05, 3.63) is 0 Å². The van der Waals surface area contributed by atoms with Crippen LogP contribution in [-0.2, 0) is 4.79 Å². The highest BCUT2D eigenvalue weighted by atomic mass is 35.5. The third kappa shape index (κ3) is 2.03. The lowest BCUT2D eigenvalue weighted by Gasteiger charge is -2.42. The molecule has 2 aliphatic heterocycles. The van der Waals surface area contributed by atoms with E-state index in [9.17, 15) is 4.79 Å². The van der Waals surface area contributed by atoms with E-state index in [-0.39, 0.29) is 24.2 Å². The Morgan fingerprint density at radius 3 is 1.62 bits per heavy atom. The summed E-state index contributed by atoms with van der Waals surface area (Å²) in [7, 11) is 4.22. The van der Waals surface area contributed by atoms with E-state index < -0.39 is 0 Å². The predicted octanol–water partition coefficient (Wildman–Crippen LogP) is 0.100. The van der Waals surface area contributed by atoms with Crippen LogP contribution in [0.1, 0.15) is 0 Å². The fourth-order valence-corrected chi connectivity index (χ4v) is 2.46. The van der Waals surface area contributed by atoms with Crippen molar-refractivity contribution in [2.45, 2.75) is 0 Å². The van der Waals surface area contributed by atoms with Gasteiger partial charge in [0.25, 0.3) is 0 Å². The Morgan fingerprint density at radius 2 is 1.31 bits per heavy atom. The molecule has 0 N–H and O–H groups in total. The van der Waals surface area contributed by atoms with Gasteiger partial charge in [0, 0.05) is 38.0 Å². The van der Waals surface area contributed by atoms with E-state index in [4.69, 9.17) is 0 Å². The average molecular weight is 205 g/mol. The van der Waals surface area contributed by atoms with Crippen LogP contribution >= 0.6 is 12.4 Å². The first-order chi connectivity index (χ1) is 5.66. The van der Waals surface area contributed by atoms with Gasteiger partial charge >= 0.3 is 0 Å². The molecule has 0 aliphatic carbocycles. The van der Waals surface area contributed by atoms with Crippen molar-refractivity contribution in [1.29, 1.82) is 0 Å². The fourth-order valence-electron chi connectivity index (χ4n) is 2.46. The summed E-state index contributed by atoms with van der Waals surface area (Å²) >= 11 is 0. The van der Waals surface area contributed by atoms with Crippen molar-refractivity contribution in [2.75, 3.05) is 40.3 Å². The summed E-state index contributed by atoms with van der Waals surface area (Å²) in [5, 5.41) is 0. The molecule has 0 radical (unpaired) electrons. The van der Waals surface area contributed by atoms with E-state index in [1.54, 1.807) is 0 Å². The minimum Gasteiger partial charge on any atom is -0.305 e. The van der Waals surface area contributed by atoms with Gasteiger partial charge in [-0.1, -0.05) is 0 Å². The molecule has 0 atom stereocenters. The standard InChI is InChI=1S/C9H16N2O.ClH/c1-10-3-7-5-11(2)6-8(4-10)9(7)12;/h7-8H,3-6H2,1-2H3;1H. The summed E-state index contributed by atoms with van der Waals surface area (Å²) in [6.07, 6.45) is 0. The maximum absolute atomic E-state index is 11.6. The zero-order valence-corrected chi connectivity index (χ0v) is 9.01. The quantitative estimate of drug-likeness (QED) is 0.559. The zero-order chi connectivity index (χ0) is 8.72. The molecule has 3 nitrogen and oxygen atoms in total. The topological polar surface area (TPSA) is 23.6 Å². The number of ketones is 1.